The molecule has 0 aliphatic carbocycles. The highest BCUT2D eigenvalue weighted by Gasteiger charge is 2.41. The Balaban J connectivity index is 1.52. The molecule has 172 valence electrons. The molecule has 1 N–H and O–H groups in total. The summed E-state index contributed by atoms with van der Waals surface area (Å²) < 4.78 is 34.8. The van der Waals surface area contributed by atoms with Crippen molar-refractivity contribution < 1.29 is 27.9 Å². The van der Waals surface area contributed by atoms with Gasteiger partial charge in [0, 0.05) is 41.6 Å². The molecule has 2 aromatic heterocycles. The minimum Gasteiger partial charge on any atom is -0.460 e. The van der Waals surface area contributed by atoms with Crippen LogP contribution in [0.15, 0.2) is 40.2 Å². The maximum Gasteiger partial charge on any atom is 0.697 e. The molecule has 1 unspecified atom stereocenters. The molecule has 3 heterocycles. The Bertz CT molecular complexity index is 1050. The van der Waals surface area contributed by atoms with E-state index in [0.29, 0.717) is 18.4 Å². The van der Waals surface area contributed by atoms with Crippen LogP contribution in [0, 0.1) is 6.92 Å². The molecule has 3 rings (SSSR count). The summed E-state index contributed by atoms with van der Waals surface area (Å²) >= 11 is 0. The number of hydrogen-bond acceptors (Lipinski definition) is 9. The van der Waals surface area contributed by atoms with E-state index in [2.05, 4.69) is 9.97 Å². The Kier molecular flexibility index (Phi) is 8.40. The number of aromatic amines is 1. The average Bonchev–Trinajstić information content (AvgIpc) is 3.14. The van der Waals surface area contributed by atoms with Crippen molar-refractivity contribution in [1.29, 1.82) is 0 Å². The molecule has 1 aliphatic heterocycles. The minimum absolute atomic E-state index is 0.166. The second-order valence-corrected chi connectivity index (χ2v) is 8.23. The maximum absolute atomic E-state index is 12.1. The van der Waals surface area contributed by atoms with Gasteiger partial charge < -0.3 is 9.47 Å². The molecule has 0 radical (unpaired) electrons. The number of nitrogens with one attached hydrogen (secondary N) is 1. The van der Waals surface area contributed by atoms with E-state index < -0.39 is 43.9 Å². The van der Waals surface area contributed by atoms with Gasteiger partial charge in [-0.3, -0.25) is 24.1 Å². The van der Waals surface area contributed by atoms with Gasteiger partial charge in [-0.25, -0.2) is 4.79 Å². The van der Waals surface area contributed by atoms with E-state index in [0.717, 1.165) is 5.69 Å². The lowest BCUT2D eigenvalue weighted by Crippen LogP contribution is -2.33. The first-order chi connectivity index (χ1) is 15.3. The second-order valence-electron chi connectivity index (χ2n) is 7.27. The molecule has 0 amide bonds. The van der Waals surface area contributed by atoms with Crippen LogP contribution in [0.25, 0.3) is 0 Å². The van der Waals surface area contributed by atoms with Gasteiger partial charge in [0.15, 0.2) is 0 Å². The van der Waals surface area contributed by atoms with E-state index in [1.807, 2.05) is 18.2 Å². The topological polar surface area (TPSA) is 139 Å². The van der Waals surface area contributed by atoms with Crippen molar-refractivity contribution >= 4 is 14.2 Å². The van der Waals surface area contributed by atoms with E-state index in [4.69, 9.17) is 18.5 Å². The first kappa shape index (κ1) is 23.9. The van der Waals surface area contributed by atoms with Crippen molar-refractivity contribution in [3.63, 3.8) is 0 Å². The zero-order valence-corrected chi connectivity index (χ0v) is 18.7. The molecule has 11 nitrogen and oxygen atoms in total. The van der Waals surface area contributed by atoms with Crippen LogP contribution in [-0.4, -0.2) is 45.9 Å². The van der Waals surface area contributed by atoms with Crippen LogP contribution in [0.5, 0.6) is 0 Å². The number of nitrogens with zero attached hydrogens (tertiary/aromatic N) is 2. The standard InChI is InChI=1S/C20H24N3O8P/c1-13-11-23(20(26)22-19(13)25)18-10-16(30-14(2)24)17(31-18)12-29-32(27)28-9-5-7-15-6-3-4-8-21-15/h3-4,6,8,11,16-18H,5,7,9-10,12H2,1-2H3/p+1/t16-,17+,18+/m0/s1. The molecule has 12 heteroatoms. The van der Waals surface area contributed by atoms with Crippen LogP contribution in [0.1, 0.15) is 37.3 Å². The quantitative estimate of drug-likeness (QED) is 0.315. The predicted octanol–water partition coefficient (Wildman–Crippen LogP) is 1.78. The lowest BCUT2D eigenvalue weighted by atomic mass is 10.2. The van der Waals surface area contributed by atoms with E-state index in [-0.39, 0.29) is 19.6 Å². The molecule has 1 fully saturated rings. The third-order valence-corrected chi connectivity index (χ3v) is 5.55. The molecule has 1 saturated heterocycles. The summed E-state index contributed by atoms with van der Waals surface area (Å²) in [7, 11) is -2.41. The van der Waals surface area contributed by atoms with Crippen LogP contribution in [0.3, 0.4) is 0 Å². The highest BCUT2D eigenvalue weighted by molar-refractivity contribution is 7.33. The van der Waals surface area contributed by atoms with Gasteiger partial charge >= 0.3 is 19.9 Å². The van der Waals surface area contributed by atoms with Crippen molar-refractivity contribution in [2.24, 2.45) is 0 Å². The third kappa shape index (κ3) is 6.64. The van der Waals surface area contributed by atoms with Gasteiger partial charge in [-0.15, -0.1) is 9.05 Å². The average molecular weight is 466 g/mol. The fourth-order valence-corrected chi connectivity index (χ4v) is 3.89. The van der Waals surface area contributed by atoms with Gasteiger partial charge in [0.25, 0.3) is 5.56 Å². The number of esters is 1. The Morgan fingerprint density at radius 2 is 2.16 bits per heavy atom. The van der Waals surface area contributed by atoms with Crippen LogP contribution in [0.4, 0.5) is 0 Å². The zero-order valence-electron chi connectivity index (χ0n) is 17.8. The van der Waals surface area contributed by atoms with Crippen molar-refractivity contribution in [3.05, 3.63) is 62.7 Å². The normalized spacial score (nSPS) is 20.8. The zero-order chi connectivity index (χ0) is 23.1. The number of carbonyl (C=O) groups is 1. The van der Waals surface area contributed by atoms with Gasteiger partial charge in [0.05, 0.1) is 0 Å². The van der Waals surface area contributed by atoms with E-state index in [9.17, 15) is 18.9 Å². The smallest absolute Gasteiger partial charge is 0.460 e. The van der Waals surface area contributed by atoms with Crippen LogP contribution >= 0.6 is 8.25 Å². The number of hydrogen-bond donors (Lipinski definition) is 1. The molecule has 32 heavy (non-hydrogen) atoms. The van der Waals surface area contributed by atoms with Crippen molar-refractivity contribution in [2.45, 2.75) is 51.5 Å². The molecular formula is C20H25N3O8P+. The molecule has 1 aliphatic rings. The largest absolute Gasteiger partial charge is 0.697 e. The summed E-state index contributed by atoms with van der Waals surface area (Å²) in [6.45, 7) is 2.87. The Morgan fingerprint density at radius 1 is 1.34 bits per heavy atom. The number of aryl methyl sites for hydroxylation is 2. The molecule has 2 aromatic rings. The monoisotopic (exact) mass is 466 g/mol. The lowest BCUT2D eigenvalue weighted by Gasteiger charge is -2.15. The SMILES string of the molecule is CC(=O)O[C@H]1C[C@H](n2cc(C)c(=O)[nH]c2=O)O[C@@H]1CO[P+](=O)OCCCc1ccccn1. The Morgan fingerprint density at radius 3 is 2.88 bits per heavy atom. The van der Waals surface area contributed by atoms with Gasteiger partial charge in [-0.1, -0.05) is 6.07 Å². The van der Waals surface area contributed by atoms with E-state index in [1.165, 1.54) is 17.7 Å². The van der Waals surface area contributed by atoms with E-state index >= 15 is 0 Å². The first-order valence-corrected chi connectivity index (χ1v) is 11.2. The summed E-state index contributed by atoms with van der Waals surface area (Å²) in [6.07, 6.45) is 2.28. The Hall–Kier alpha value is -2.72. The summed E-state index contributed by atoms with van der Waals surface area (Å²) in [4.78, 5) is 41.6. The molecule has 0 aromatic carbocycles. The third-order valence-electron chi connectivity index (χ3n) is 4.80. The van der Waals surface area contributed by atoms with Gasteiger partial charge in [0.2, 0.25) is 0 Å². The Labute approximate surface area is 184 Å². The molecule has 0 spiro atoms. The number of carbonyl (C=O) groups excluding carboxylic acids is 1. The second kappa shape index (κ2) is 11.2. The number of rotatable bonds is 10. The van der Waals surface area contributed by atoms with Crippen LogP contribution in [0.2, 0.25) is 0 Å². The highest BCUT2D eigenvalue weighted by Crippen LogP contribution is 2.33. The van der Waals surface area contributed by atoms with Crippen molar-refractivity contribution in [1.82, 2.24) is 14.5 Å². The van der Waals surface area contributed by atoms with Crippen molar-refractivity contribution in [3.8, 4) is 0 Å². The first-order valence-electron chi connectivity index (χ1n) is 10.1. The van der Waals surface area contributed by atoms with Gasteiger partial charge in [0.1, 0.15) is 31.6 Å². The maximum atomic E-state index is 12.1. The molecule has 4 atom stereocenters. The summed E-state index contributed by atoms with van der Waals surface area (Å²) in [5, 5.41) is 0. The fraction of sp³-hybridized carbons (Fsp3) is 0.500. The number of ether oxygens (including phenoxy) is 2. The van der Waals surface area contributed by atoms with Crippen molar-refractivity contribution in [2.75, 3.05) is 13.2 Å². The lowest BCUT2D eigenvalue weighted by molar-refractivity contribution is -0.150. The summed E-state index contributed by atoms with van der Waals surface area (Å²) in [5.74, 6) is -0.524. The van der Waals surface area contributed by atoms with E-state index in [1.54, 1.807) is 13.1 Å². The van der Waals surface area contributed by atoms with Gasteiger partial charge in [-0.2, -0.15) is 0 Å². The number of H-pyrrole nitrogens is 1. The van der Waals surface area contributed by atoms with Crippen LogP contribution < -0.4 is 11.2 Å². The molecule has 0 bridgehead atoms. The summed E-state index contributed by atoms with van der Waals surface area (Å²) in [6, 6.07) is 5.62. The molecular weight excluding hydrogens is 441 g/mol. The predicted molar refractivity (Wildman–Crippen MR) is 112 cm³/mol. The fourth-order valence-electron chi connectivity index (χ4n) is 3.27. The highest BCUT2D eigenvalue weighted by atomic mass is 31.1. The minimum atomic E-state index is -2.41. The summed E-state index contributed by atoms with van der Waals surface area (Å²) in [5.41, 5.74) is 0.114. The number of pyridine rings is 1. The van der Waals surface area contributed by atoms with Crippen LogP contribution in [-0.2, 0) is 34.3 Å². The molecule has 0 saturated carbocycles. The number of aromatic nitrogens is 3. The van der Waals surface area contributed by atoms with Gasteiger partial charge in [-0.05, 0) is 31.9 Å².